The third-order valence-corrected chi connectivity index (χ3v) is 6.77. The van der Waals surface area contributed by atoms with Crippen LogP contribution in [0.1, 0.15) is 33.9 Å². The van der Waals surface area contributed by atoms with Gasteiger partial charge in [0, 0.05) is 24.5 Å². The maximum absolute atomic E-state index is 13.5. The molecule has 5 rings (SSSR count). The van der Waals surface area contributed by atoms with E-state index in [0.717, 1.165) is 11.1 Å². The summed E-state index contributed by atoms with van der Waals surface area (Å²) in [7, 11) is 1.58. The summed E-state index contributed by atoms with van der Waals surface area (Å²) in [6.45, 7) is 3.83. The van der Waals surface area contributed by atoms with Gasteiger partial charge in [-0.2, -0.15) is 0 Å². The Labute approximate surface area is 227 Å². The van der Waals surface area contributed by atoms with Gasteiger partial charge in [0.15, 0.2) is 0 Å². The van der Waals surface area contributed by atoms with Crippen LogP contribution in [-0.4, -0.2) is 33.8 Å². The van der Waals surface area contributed by atoms with Gasteiger partial charge in [0.2, 0.25) is 0 Å². The Morgan fingerprint density at radius 2 is 1.69 bits per heavy atom. The molecular formula is C32H28N2O5. The molecule has 1 N–H and O–H groups in total. The first-order chi connectivity index (χ1) is 18.9. The van der Waals surface area contributed by atoms with Crippen molar-refractivity contribution in [3.63, 3.8) is 0 Å². The number of methoxy groups -OCH3 is 1. The number of Topliss-reactive ketones (excluding diaryl/α,β-unsaturated/α-hetero) is 1. The molecule has 1 saturated heterocycles. The first-order valence-corrected chi connectivity index (χ1v) is 12.5. The topological polar surface area (TPSA) is 89.0 Å². The van der Waals surface area contributed by atoms with Gasteiger partial charge in [-0.3, -0.25) is 14.6 Å². The van der Waals surface area contributed by atoms with Crippen molar-refractivity contribution in [3.8, 4) is 17.2 Å². The number of amides is 1. The summed E-state index contributed by atoms with van der Waals surface area (Å²) in [5, 5.41) is 11.6. The molecule has 3 aromatic carbocycles. The molecule has 0 radical (unpaired) electrons. The number of nitrogens with zero attached hydrogens (tertiary/aromatic N) is 2. The minimum Gasteiger partial charge on any atom is -0.507 e. The van der Waals surface area contributed by atoms with Gasteiger partial charge < -0.3 is 19.5 Å². The van der Waals surface area contributed by atoms with Crippen LogP contribution in [0.5, 0.6) is 17.2 Å². The molecule has 0 spiro atoms. The molecule has 39 heavy (non-hydrogen) atoms. The van der Waals surface area contributed by atoms with Crippen molar-refractivity contribution < 1.29 is 24.2 Å². The van der Waals surface area contributed by atoms with Crippen LogP contribution in [-0.2, 0) is 16.1 Å². The second kappa shape index (κ2) is 10.8. The van der Waals surface area contributed by atoms with Crippen LogP contribution in [0.2, 0.25) is 0 Å². The molecule has 7 nitrogen and oxygen atoms in total. The monoisotopic (exact) mass is 520 g/mol. The van der Waals surface area contributed by atoms with Crippen LogP contribution in [0.25, 0.3) is 5.76 Å². The van der Waals surface area contributed by atoms with Gasteiger partial charge in [0.1, 0.15) is 23.0 Å². The van der Waals surface area contributed by atoms with Gasteiger partial charge in [0.25, 0.3) is 11.7 Å². The zero-order valence-corrected chi connectivity index (χ0v) is 21.9. The number of benzene rings is 3. The molecule has 0 aliphatic carbocycles. The normalized spacial score (nSPS) is 16.4. The van der Waals surface area contributed by atoms with E-state index in [9.17, 15) is 14.7 Å². The molecule has 0 bridgehead atoms. The van der Waals surface area contributed by atoms with Gasteiger partial charge in [0.05, 0.1) is 18.7 Å². The Balaban J connectivity index is 1.65. The number of likely N-dealkylation sites (tertiary alicyclic amines) is 1. The molecule has 1 aromatic heterocycles. The van der Waals surface area contributed by atoms with E-state index < -0.39 is 17.7 Å². The second-order valence-electron chi connectivity index (χ2n) is 9.41. The molecule has 2 heterocycles. The van der Waals surface area contributed by atoms with E-state index in [1.807, 2.05) is 56.3 Å². The summed E-state index contributed by atoms with van der Waals surface area (Å²) >= 11 is 0. The van der Waals surface area contributed by atoms with Crippen LogP contribution in [0.4, 0.5) is 0 Å². The molecule has 1 aliphatic rings. The molecule has 0 saturated carbocycles. The molecular weight excluding hydrogens is 492 g/mol. The number of carbonyl (C=O) groups excluding carboxylic acids is 2. The molecule has 4 aromatic rings. The van der Waals surface area contributed by atoms with E-state index in [0.29, 0.717) is 33.9 Å². The lowest BCUT2D eigenvalue weighted by Gasteiger charge is -2.26. The van der Waals surface area contributed by atoms with Crippen LogP contribution >= 0.6 is 0 Å². The summed E-state index contributed by atoms with van der Waals surface area (Å²) in [5.74, 6) is 0.199. The number of ether oxygens (including phenoxy) is 2. The fourth-order valence-electron chi connectivity index (χ4n) is 4.86. The van der Waals surface area contributed by atoms with E-state index in [2.05, 4.69) is 4.98 Å². The quantitative estimate of drug-likeness (QED) is 0.179. The van der Waals surface area contributed by atoms with Crippen LogP contribution in [0.15, 0.2) is 96.8 Å². The number of ketones is 1. The lowest BCUT2D eigenvalue weighted by Crippen LogP contribution is -2.29. The minimum absolute atomic E-state index is 0.0217. The summed E-state index contributed by atoms with van der Waals surface area (Å²) in [5.41, 5.74) is 3.40. The summed E-state index contributed by atoms with van der Waals surface area (Å²) in [6, 6.07) is 22.9. The van der Waals surface area contributed by atoms with Gasteiger partial charge in [-0.05, 0) is 78.6 Å². The number of aryl methyl sites for hydroxylation is 2. The highest BCUT2D eigenvalue weighted by Gasteiger charge is 2.46. The van der Waals surface area contributed by atoms with Crippen molar-refractivity contribution in [1.82, 2.24) is 9.88 Å². The van der Waals surface area contributed by atoms with E-state index in [1.165, 1.54) is 4.90 Å². The molecule has 1 amide bonds. The van der Waals surface area contributed by atoms with Crippen molar-refractivity contribution in [2.75, 3.05) is 7.11 Å². The average Bonchev–Trinajstić information content (AvgIpc) is 3.20. The van der Waals surface area contributed by atoms with Crippen molar-refractivity contribution in [2.45, 2.75) is 26.4 Å². The van der Waals surface area contributed by atoms with Gasteiger partial charge in [-0.1, -0.05) is 36.4 Å². The SMILES string of the molecule is COc1cc(C)c(/C(O)=C2\C(=O)C(=O)N(Cc3cccnc3)C2c2cccc(Oc3ccccc3)c2)cc1C. The Morgan fingerprint density at radius 1 is 0.923 bits per heavy atom. The highest BCUT2D eigenvalue weighted by molar-refractivity contribution is 6.46. The third-order valence-electron chi connectivity index (χ3n) is 6.77. The van der Waals surface area contributed by atoms with Gasteiger partial charge in [-0.25, -0.2) is 0 Å². The predicted octanol–water partition coefficient (Wildman–Crippen LogP) is 6.12. The predicted molar refractivity (Wildman–Crippen MR) is 148 cm³/mol. The smallest absolute Gasteiger partial charge is 0.295 e. The molecule has 1 unspecified atom stereocenters. The highest BCUT2D eigenvalue weighted by Crippen LogP contribution is 2.42. The zero-order chi connectivity index (χ0) is 27.5. The fourth-order valence-corrected chi connectivity index (χ4v) is 4.86. The molecule has 7 heteroatoms. The number of para-hydroxylation sites is 1. The summed E-state index contributed by atoms with van der Waals surface area (Å²) < 4.78 is 11.4. The van der Waals surface area contributed by atoms with Gasteiger partial charge in [-0.15, -0.1) is 0 Å². The van der Waals surface area contributed by atoms with E-state index in [1.54, 1.807) is 55.9 Å². The first kappa shape index (κ1) is 25.7. The highest BCUT2D eigenvalue weighted by atomic mass is 16.5. The largest absolute Gasteiger partial charge is 0.507 e. The van der Waals surface area contributed by atoms with E-state index in [4.69, 9.17) is 9.47 Å². The molecule has 1 atom stereocenters. The summed E-state index contributed by atoms with van der Waals surface area (Å²) in [6.07, 6.45) is 3.30. The lowest BCUT2D eigenvalue weighted by atomic mass is 9.93. The first-order valence-electron chi connectivity index (χ1n) is 12.5. The lowest BCUT2D eigenvalue weighted by molar-refractivity contribution is -0.140. The maximum Gasteiger partial charge on any atom is 0.295 e. The van der Waals surface area contributed by atoms with Crippen molar-refractivity contribution in [3.05, 3.63) is 125 Å². The number of aromatic nitrogens is 1. The van der Waals surface area contributed by atoms with E-state index in [-0.39, 0.29) is 17.9 Å². The summed E-state index contributed by atoms with van der Waals surface area (Å²) in [4.78, 5) is 32.6. The van der Waals surface area contributed by atoms with Crippen molar-refractivity contribution in [2.24, 2.45) is 0 Å². The van der Waals surface area contributed by atoms with Crippen molar-refractivity contribution in [1.29, 1.82) is 0 Å². The molecule has 196 valence electrons. The van der Waals surface area contributed by atoms with Crippen LogP contribution in [0.3, 0.4) is 0 Å². The van der Waals surface area contributed by atoms with Crippen LogP contribution < -0.4 is 9.47 Å². The standard InChI is InChI=1S/C32H28N2O5/c1-20-16-27(38-3)21(2)15-26(20)30(35)28-29(34(32(37)31(28)36)19-22-9-8-14-33-18-22)23-10-7-13-25(17-23)39-24-11-5-4-6-12-24/h4-18,29,35H,19H2,1-3H3/b30-28+. The van der Waals surface area contributed by atoms with Gasteiger partial charge >= 0.3 is 0 Å². The van der Waals surface area contributed by atoms with E-state index >= 15 is 0 Å². The number of aliphatic hydroxyl groups excluding tert-OH is 1. The number of pyridine rings is 1. The number of aliphatic hydroxyl groups is 1. The Morgan fingerprint density at radius 3 is 2.41 bits per heavy atom. The molecule has 1 aliphatic heterocycles. The Hall–Kier alpha value is -4.91. The number of hydrogen-bond donors (Lipinski definition) is 1. The average molecular weight is 521 g/mol. The third kappa shape index (κ3) is 5.11. The second-order valence-corrected chi connectivity index (χ2v) is 9.41. The zero-order valence-electron chi connectivity index (χ0n) is 21.9. The number of rotatable bonds is 7. The van der Waals surface area contributed by atoms with Crippen LogP contribution in [0, 0.1) is 13.8 Å². The number of hydrogen-bond acceptors (Lipinski definition) is 6. The number of carbonyl (C=O) groups is 2. The minimum atomic E-state index is -0.841. The maximum atomic E-state index is 13.5. The van der Waals surface area contributed by atoms with Crippen molar-refractivity contribution >= 4 is 17.4 Å². The Bertz CT molecular complexity index is 1560. The molecule has 1 fully saturated rings. The fraction of sp³-hybridized carbons (Fsp3) is 0.156. The Kier molecular flexibility index (Phi) is 7.14.